The van der Waals surface area contributed by atoms with Crippen LogP contribution < -0.4 is 64.2 Å². The Hall–Kier alpha value is 1.03. The van der Waals surface area contributed by atoms with E-state index in [1.807, 2.05) is 20.8 Å². The number of nitrogens with zero attached hydrogens (tertiary/aromatic N) is 2. The van der Waals surface area contributed by atoms with Crippen molar-refractivity contribution in [1.82, 2.24) is 0 Å². The number of rotatable bonds is 4. The summed E-state index contributed by atoms with van der Waals surface area (Å²) in [5, 5.41) is 11.8. The molecule has 0 saturated heterocycles. The maximum atomic E-state index is 11.9. The number of hydrogen-bond acceptors (Lipinski definition) is 4. The molecule has 0 saturated carbocycles. The second-order valence-corrected chi connectivity index (χ2v) is 4.50. The Bertz CT molecular complexity index is 361. The SMILES string of the molecule is CCCC(C)C1(CC)C(=O)N=C([S-])N=C1[O-].[Na+].[Na+]. The quantitative estimate of drug-likeness (QED) is 0.384. The van der Waals surface area contributed by atoms with Crippen molar-refractivity contribution in [3.05, 3.63) is 0 Å². The molecule has 1 rings (SSSR count). The third-order valence-electron chi connectivity index (χ3n) is 3.28. The van der Waals surface area contributed by atoms with Gasteiger partial charge in [-0.15, -0.1) is 0 Å². The molecule has 0 fully saturated rings. The number of amidine groups is 1. The Balaban J connectivity index is 0. The maximum absolute atomic E-state index is 11.9. The predicted molar refractivity (Wildman–Crippen MR) is 64.0 cm³/mol. The molecule has 1 amide bonds. The van der Waals surface area contributed by atoms with Gasteiger partial charge in [-0.25, -0.2) is 4.99 Å². The van der Waals surface area contributed by atoms with Crippen LogP contribution in [0.2, 0.25) is 0 Å². The van der Waals surface area contributed by atoms with Crippen LogP contribution in [0.4, 0.5) is 0 Å². The fourth-order valence-corrected chi connectivity index (χ4v) is 2.41. The van der Waals surface area contributed by atoms with Gasteiger partial charge in [0.05, 0.1) is 5.41 Å². The van der Waals surface area contributed by atoms with E-state index >= 15 is 0 Å². The van der Waals surface area contributed by atoms with E-state index in [4.69, 9.17) is 0 Å². The summed E-state index contributed by atoms with van der Waals surface area (Å²) in [7, 11) is 0. The van der Waals surface area contributed by atoms with Crippen molar-refractivity contribution in [2.75, 3.05) is 0 Å². The average Bonchev–Trinajstić information content (AvgIpc) is 2.18. The molecule has 0 N–H and O–H groups in total. The Morgan fingerprint density at radius 1 is 1.33 bits per heavy atom. The summed E-state index contributed by atoms with van der Waals surface area (Å²) in [5.41, 5.74) is -1.07. The first-order valence-corrected chi connectivity index (χ1v) is 5.96. The van der Waals surface area contributed by atoms with Gasteiger partial charge in [-0.2, -0.15) is 0 Å². The summed E-state index contributed by atoms with van der Waals surface area (Å²) in [5.74, 6) is -0.875. The monoisotopic (exact) mass is 286 g/mol. The van der Waals surface area contributed by atoms with Gasteiger partial charge in [0, 0.05) is 5.17 Å². The van der Waals surface area contributed by atoms with E-state index in [9.17, 15) is 9.90 Å². The number of aliphatic imine (C=N–C) groups is 2. The third-order valence-corrected chi connectivity index (χ3v) is 3.46. The van der Waals surface area contributed by atoms with E-state index in [1.54, 1.807) is 0 Å². The fourth-order valence-electron chi connectivity index (χ4n) is 2.24. The Kier molecular flexibility index (Phi) is 10.7. The second-order valence-electron chi connectivity index (χ2n) is 4.13. The molecule has 2 atom stereocenters. The average molecular weight is 286 g/mol. The molecule has 18 heavy (non-hydrogen) atoms. The minimum Gasteiger partial charge on any atom is -0.861 e. The van der Waals surface area contributed by atoms with Crippen LogP contribution in [0.5, 0.6) is 0 Å². The molecule has 0 aliphatic carbocycles. The van der Waals surface area contributed by atoms with Crippen LogP contribution in [0.15, 0.2) is 9.98 Å². The summed E-state index contributed by atoms with van der Waals surface area (Å²) in [6, 6.07) is 0. The standard InChI is InChI=1S/C11H18N2O2S.2Na/c1-4-6-7(3)11(5-2)8(14)12-10(16)13-9(11)15;;/h7H,4-6H2,1-3H3,(H2,12,13,14,15,16);;/q;2*+1/p-2. The van der Waals surface area contributed by atoms with Crippen LogP contribution in [0.1, 0.15) is 40.0 Å². The number of hydrogen-bond donors (Lipinski definition) is 0. The minimum absolute atomic E-state index is 0. The minimum atomic E-state index is -1.07. The second kappa shape index (κ2) is 9.06. The van der Waals surface area contributed by atoms with Gasteiger partial charge < -0.3 is 17.7 Å². The van der Waals surface area contributed by atoms with Crippen molar-refractivity contribution in [1.29, 1.82) is 0 Å². The molecule has 7 heteroatoms. The molecule has 0 aromatic carbocycles. The molecule has 0 spiro atoms. The first-order chi connectivity index (χ1) is 7.48. The molecule has 0 bridgehead atoms. The zero-order valence-corrected chi connectivity index (χ0v) is 16.6. The van der Waals surface area contributed by atoms with E-state index in [0.29, 0.717) is 6.42 Å². The van der Waals surface area contributed by atoms with E-state index < -0.39 is 17.2 Å². The smallest absolute Gasteiger partial charge is 0.861 e. The van der Waals surface area contributed by atoms with Crippen molar-refractivity contribution in [2.24, 2.45) is 21.3 Å². The molecule has 1 aliphatic heterocycles. The van der Waals surface area contributed by atoms with Crippen LogP contribution >= 0.6 is 0 Å². The van der Waals surface area contributed by atoms with Crippen LogP contribution in [-0.4, -0.2) is 17.0 Å². The largest absolute Gasteiger partial charge is 1.00 e. The first-order valence-electron chi connectivity index (χ1n) is 5.55. The Labute approximate surface area is 158 Å². The molecular weight excluding hydrogens is 270 g/mol. The molecule has 4 nitrogen and oxygen atoms in total. The Morgan fingerprint density at radius 3 is 2.28 bits per heavy atom. The van der Waals surface area contributed by atoms with Crippen LogP contribution in [-0.2, 0) is 17.4 Å². The fraction of sp³-hybridized carbons (Fsp3) is 0.727. The third kappa shape index (κ3) is 4.01. The van der Waals surface area contributed by atoms with Gasteiger partial charge in [-0.3, -0.25) is 9.79 Å². The van der Waals surface area contributed by atoms with Gasteiger partial charge >= 0.3 is 59.1 Å². The normalized spacial score (nSPS) is 24.3. The van der Waals surface area contributed by atoms with E-state index in [1.165, 1.54) is 0 Å². The van der Waals surface area contributed by atoms with Crippen LogP contribution in [0.3, 0.4) is 0 Å². The topological polar surface area (TPSA) is 64.8 Å². The van der Waals surface area contributed by atoms with Gasteiger partial charge in [0.1, 0.15) is 0 Å². The number of amides is 1. The van der Waals surface area contributed by atoms with Gasteiger partial charge in [0.15, 0.2) is 0 Å². The summed E-state index contributed by atoms with van der Waals surface area (Å²) in [6.45, 7) is 5.75. The van der Waals surface area contributed by atoms with Gasteiger partial charge in [0.25, 0.3) is 5.91 Å². The molecule has 1 aliphatic rings. The molecule has 1 heterocycles. The molecule has 0 radical (unpaired) electrons. The summed E-state index contributed by atoms with van der Waals surface area (Å²) in [4.78, 5) is 19.3. The summed E-state index contributed by atoms with van der Waals surface area (Å²) < 4.78 is 0. The predicted octanol–water partition coefficient (Wildman–Crippen LogP) is -4.97. The van der Waals surface area contributed by atoms with E-state index in [-0.39, 0.29) is 70.2 Å². The van der Waals surface area contributed by atoms with Crippen molar-refractivity contribution >= 4 is 29.6 Å². The zero-order chi connectivity index (χ0) is 12.3. The first kappa shape index (κ1) is 21.3. The molecular formula is C11H16N2Na2O2S. The van der Waals surface area contributed by atoms with Crippen molar-refractivity contribution in [3.63, 3.8) is 0 Å². The van der Waals surface area contributed by atoms with Gasteiger partial charge in [-0.05, 0) is 24.7 Å². The maximum Gasteiger partial charge on any atom is 1.00 e. The number of carbonyl (C=O) groups is 1. The Morgan fingerprint density at radius 2 is 1.89 bits per heavy atom. The van der Waals surface area contributed by atoms with E-state index in [2.05, 4.69) is 22.6 Å². The summed E-state index contributed by atoms with van der Waals surface area (Å²) >= 11 is 4.69. The van der Waals surface area contributed by atoms with E-state index in [0.717, 1.165) is 12.8 Å². The molecule has 2 unspecified atom stereocenters. The van der Waals surface area contributed by atoms with Crippen molar-refractivity contribution in [3.8, 4) is 0 Å². The van der Waals surface area contributed by atoms with Crippen molar-refractivity contribution in [2.45, 2.75) is 40.0 Å². The molecule has 90 valence electrons. The van der Waals surface area contributed by atoms with Crippen LogP contribution in [0, 0.1) is 11.3 Å². The molecule has 0 aromatic rings. The van der Waals surface area contributed by atoms with Crippen LogP contribution in [0.25, 0.3) is 0 Å². The van der Waals surface area contributed by atoms with Gasteiger partial charge in [0.2, 0.25) is 0 Å². The summed E-state index contributed by atoms with van der Waals surface area (Å²) in [6.07, 6.45) is 2.17. The van der Waals surface area contributed by atoms with Gasteiger partial charge in [-0.1, -0.05) is 27.2 Å². The van der Waals surface area contributed by atoms with Crippen molar-refractivity contribution < 1.29 is 69.0 Å². The number of carbonyl (C=O) groups excluding carboxylic acids is 1. The zero-order valence-electron chi connectivity index (χ0n) is 11.8. The molecule has 0 aromatic heterocycles.